The molecule has 0 atom stereocenters. The van der Waals surface area contributed by atoms with Crippen molar-refractivity contribution in [1.82, 2.24) is 0 Å². The van der Waals surface area contributed by atoms with Crippen molar-refractivity contribution >= 4 is 29.0 Å². The Balaban J connectivity index is 2.19. The topological polar surface area (TPSA) is 26.3 Å². The smallest absolute Gasteiger partial charge is 0.163 e. The number of hydrogen-bond acceptors (Lipinski definition) is 2. The van der Waals surface area contributed by atoms with Crippen LogP contribution in [0.2, 0.25) is 10.0 Å². The van der Waals surface area contributed by atoms with Gasteiger partial charge in [-0.2, -0.15) is 0 Å². The van der Waals surface area contributed by atoms with E-state index >= 15 is 0 Å². The van der Waals surface area contributed by atoms with E-state index in [1.807, 2.05) is 18.2 Å². The van der Waals surface area contributed by atoms with E-state index < -0.39 is 0 Å². The largest absolute Gasteiger partial charge is 0.488 e. The fraction of sp³-hybridized carbons (Fsp3) is 0.133. The molecule has 0 unspecified atom stereocenters. The van der Waals surface area contributed by atoms with Gasteiger partial charge in [-0.3, -0.25) is 4.79 Å². The number of benzene rings is 2. The number of para-hydroxylation sites is 1. The molecule has 0 amide bonds. The van der Waals surface area contributed by atoms with E-state index in [0.717, 1.165) is 5.56 Å². The maximum Gasteiger partial charge on any atom is 0.163 e. The average molecular weight is 295 g/mol. The van der Waals surface area contributed by atoms with Gasteiger partial charge in [-0.05, 0) is 25.1 Å². The molecule has 0 radical (unpaired) electrons. The van der Waals surface area contributed by atoms with Gasteiger partial charge >= 0.3 is 0 Å². The molecule has 0 saturated carbocycles. The molecule has 2 nitrogen and oxygen atoms in total. The lowest BCUT2D eigenvalue weighted by atomic mass is 10.1. The van der Waals surface area contributed by atoms with E-state index in [1.54, 1.807) is 24.3 Å². The van der Waals surface area contributed by atoms with E-state index in [9.17, 15) is 4.79 Å². The molecule has 0 bridgehead atoms. The Morgan fingerprint density at radius 3 is 2.58 bits per heavy atom. The first kappa shape index (κ1) is 13.9. The predicted molar refractivity (Wildman–Crippen MR) is 77.2 cm³/mol. The number of Topliss-reactive ketones (excluding diaryl/α,β-unsaturated/α-hetero) is 1. The Bertz CT molecular complexity index is 609. The monoisotopic (exact) mass is 294 g/mol. The van der Waals surface area contributed by atoms with Crippen LogP contribution in [-0.4, -0.2) is 5.78 Å². The second-order valence-corrected chi connectivity index (χ2v) is 4.84. The number of hydrogen-bond donors (Lipinski definition) is 0. The summed E-state index contributed by atoms with van der Waals surface area (Å²) in [4.78, 5) is 11.5. The molecule has 2 rings (SSSR count). The van der Waals surface area contributed by atoms with E-state index in [-0.39, 0.29) is 12.4 Å². The molecule has 0 spiro atoms. The van der Waals surface area contributed by atoms with E-state index in [1.165, 1.54) is 6.92 Å². The minimum absolute atomic E-state index is 0.0345. The quantitative estimate of drug-likeness (QED) is 0.759. The van der Waals surface area contributed by atoms with Crippen LogP contribution in [0.25, 0.3) is 0 Å². The predicted octanol–water partition coefficient (Wildman–Crippen LogP) is 4.78. The number of carbonyl (C=O) groups is 1. The molecule has 4 heteroatoms. The molecule has 0 N–H and O–H groups in total. The van der Waals surface area contributed by atoms with Gasteiger partial charge in [0.25, 0.3) is 0 Å². The molecule has 0 heterocycles. The lowest BCUT2D eigenvalue weighted by Gasteiger charge is -2.11. The first-order valence-electron chi connectivity index (χ1n) is 5.75. The van der Waals surface area contributed by atoms with Gasteiger partial charge in [0.2, 0.25) is 0 Å². The molecule has 0 saturated heterocycles. The normalized spacial score (nSPS) is 10.3. The third-order valence-electron chi connectivity index (χ3n) is 2.68. The average Bonchev–Trinajstić information content (AvgIpc) is 2.40. The lowest BCUT2D eigenvalue weighted by molar-refractivity contribution is 0.101. The number of carbonyl (C=O) groups excluding carboxylic acids is 1. The summed E-state index contributed by atoms with van der Waals surface area (Å²) in [5.74, 6) is 0.513. The molecule has 2 aromatic rings. The maximum absolute atomic E-state index is 11.5. The standard InChI is InChI=1S/C15H12Cl2O2/c1-10(18)12-6-2-3-8-14(12)19-9-11-5-4-7-13(16)15(11)17/h2-8H,9H2,1H3. The van der Waals surface area contributed by atoms with Crippen molar-refractivity contribution in [3.05, 3.63) is 63.6 Å². The number of halogens is 2. The van der Waals surface area contributed by atoms with Gasteiger partial charge in [0.05, 0.1) is 15.6 Å². The van der Waals surface area contributed by atoms with Crippen LogP contribution in [0.3, 0.4) is 0 Å². The maximum atomic E-state index is 11.5. The second-order valence-electron chi connectivity index (χ2n) is 4.05. The Morgan fingerprint density at radius 2 is 1.84 bits per heavy atom. The van der Waals surface area contributed by atoms with Gasteiger partial charge < -0.3 is 4.74 Å². The molecule has 0 aromatic heterocycles. The highest BCUT2D eigenvalue weighted by Crippen LogP contribution is 2.27. The molecule has 19 heavy (non-hydrogen) atoms. The second kappa shape index (κ2) is 6.09. The van der Waals surface area contributed by atoms with Crippen molar-refractivity contribution < 1.29 is 9.53 Å². The zero-order valence-corrected chi connectivity index (χ0v) is 11.8. The molecular weight excluding hydrogens is 283 g/mol. The van der Waals surface area contributed by atoms with Crippen LogP contribution in [0.1, 0.15) is 22.8 Å². The Labute approximate surface area is 121 Å². The van der Waals surface area contributed by atoms with Gasteiger partial charge in [0.1, 0.15) is 12.4 Å². The Hall–Kier alpha value is -1.51. The summed E-state index contributed by atoms with van der Waals surface area (Å²) in [6, 6.07) is 12.5. The lowest BCUT2D eigenvalue weighted by Crippen LogP contribution is -2.01. The number of rotatable bonds is 4. The van der Waals surface area contributed by atoms with E-state index in [0.29, 0.717) is 21.4 Å². The molecule has 0 aliphatic heterocycles. The zero-order valence-electron chi connectivity index (χ0n) is 10.3. The van der Waals surface area contributed by atoms with Crippen LogP contribution in [-0.2, 0) is 6.61 Å². The molecule has 0 aliphatic carbocycles. The summed E-state index contributed by atoms with van der Waals surface area (Å²) in [5.41, 5.74) is 1.34. The van der Waals surface area contributed by atoms with Crippen molar-refractivity contribution in [2.24, 2.45) is 0 Å². The van der Waals surface area contributed by atoms with Crippen LogP contribution in [0.5, 0.6) is 5.75 Å². The highest BCUT2D eigenvalue weighted by Gasteiger charge is 2.09. The van der Waals surface area contributed by atoms with Crippen LogP contribution in [0.4, 0.5) is 0 Å². The summed E-state index contributed by atoms with van der Waals surface area (Å²) >= 11 is 12.0. The molecule has 0 fully saturated rings. The van der Waals surface area contributed by atoms with Gasteiger partial charge in [0, 0.05) is 5.56 Å². The number of ether oxygens (including phenoxy) is 1. The van der Waals surface area contributed by atoms with E-state index in [2.05, 4.69) is 0 Å². The summed E-state index contributed by atoms with van der Waals surface area (Å²) in [7, 11) is 0. The minimum Gasteiger partial charge on any atom is -0.488 e. The minimum atomic E-state index is -0.0345. The summed E-state index contributed by atoms with van der Waals surface area (Å²) in [5, 5.41) is 0.965. The van der Waals surface area contributed by atoms with E-state index in [4.69, 9.17) is 27.9 Å². The first-order chi connectivity index (χ1) is 9.09. The van der Waals surface area contributed by atoms with Crippen LogP contribution >= 0.6 is 23.2 Å². The van der Waals surface area contributed by atoms with Crippen LogP contribution in [0.15, 0.2) is 42.5 Å². The zero-order chi connectivity index (χ0) is 13.8. The van der Waals surface area contributed by atoms with Gasteiger partial charge in [-0.15, -0.1) is 0 Å². The molecule has 2 aromatic carbocycles. The Morgan fingerprint density at radius 1 is 1.11 bits per heavy atom. The molecule has 98 valence electrons. The summed E-state index contributed by atoms with van der Waals surface area (Å²) in [6.45, 7) is 1.78. The van der Waals surface area contributed by atoms with Crippen molar-refractivity contribution in [2.75, 3.05) is 0 Å². The van der Waals surface area contributed by atoms with Crippen LogP contribution < -0.4 is 4.74 Å². The summed E-state index contributed by atoms with van der Waals surface area (Å²) in [6.07, 6.45) is 0. The van der Waals surface area contributed by atoms with Gasteiger partial charge in [0.15, 0.2) is 5.78 Å². The Kier molecular flexibility index (Phi) is 4.46. The van der Waals surface area contributed by atoms with Gasteiger partial charge in [-0.1, -0.05) is 47.5 Å². The van der Waals surface area contributed by atoms with Crippen molar-refractivity contribution in [1.29, 1.82) is 0 Å². The van der Waals surface area contributed by atoms with Crippen molar-refractivity contribution in [3.8, 4) is 5.75 Å². The molecule has 0 aliphatic rings. The fourth-order valence-corrected chi connectivity index (χ4v) is 2.07. The highest BCUT2D eigenvalue weighted by atomic mass is 35.5. The summed E-state index contributed by atoms with van der Waals surface area (Å²) < 4.78 is 5.66. The van der Waals surface area contributed by atoms with Crippen LogP contribution in [0, 0.1) is 0 Å². The molecular formula is C15H12Cl2O2. The van der Waals surface area contributed by atoms with Crippen molar-refractivity contribution in [2.45, 2.75) is 13.5 Å². The fourth-order valence-electron chi connectivity index (χ4n) is 1.70. The van der Waals surface area contributed by atoms with Gasteiger partial charge in [-0.25, -0.2) is 0 Å². The SMILES string of the molecule is CC(=O)c1ccccc1OCc1cccc(Cl)c1Cl. The number of ketones is 1. The highest BCUT2D eigenvalue weighted by molar-refractivity contribution is 6.42. The third kappa shape index (κ3) is 3.28. The first-order valence-corrected chi connectivity index (χ1v) is 6.51. The third-order valence-corrected chi connectivity index (χ3v) is 3.54. The van der Waals surface area contributed by atoms with Crippen molar-refractivity contribution in [3.63, 3.8) is 0 Å².